The molecule has 0 bridgehead atoms. The number of likely N-dealkylation sites (tertiary alicyclic amines) is 1. The van der Waals surface area contributed by atoms with E-state index >= 15 is 0 Å². The Bertz CT molecular complexity index is 361. The van der Waals surface area contributed by atoms with Crippen molar-refractivity contribution in [1.82, 2.24) is 4.90 Å². The molecule has 9 heteroatoms. The molecule has 0 aliphatic carbocycles. The number of rotatable bonds is 5. The minimum absolute atomic E-state index is 0.123. The number of carbonyl (C=O) groups excluding carboxylic acids is 1. The zero-order valence-electron chi connectivity index (χ0n) is 10.1. The Kier molecular flexibility index (Phi) is 4.75. The number of aliphatic carboxylic acids is 1. The highest BCUT2D eigenvalue weighted by molar-refractivity contribution is 5.83. The van der Waals surface area contributed by atoms with Crippen molar-refractivity contribution < 1.29 is 32.6 Å². The van der Waals surface area contributed by atoms with E-state index in [-0.39, 0.29) is 32.5 Å². The van der Waals surface area contributed by atoms with E-state index in [2.05, 4.69) is 4.74 Å². The van der Waals surface area contributed by atoms with Gasteiger partial charge in [-0.25, -0.2) is 0 Å². The van der Waals surface area contributed by atoms with E-state index in [1.165, 1.54) is 4.90 Å². The Balaban J connectivity index is 2.31. The summed E-state index contributed by atoms with van der Waals surface area (Å²) in [5.41, 5.74) is 4.10. The molecule has 1 rings (SSSR count). The SMILES string of the molecule is NC1(C(=O)O)CCN(C(=O)CCOCC(F)(F)F)C1. The van der Waals surface area contributed by atoms with Gasteiger partial charge in [0.1, 0.15) is 12.1 Å². The average Bonchev–Trinajstić information content (AvgIpc) is 2.67. The van der Waals surface area contributed by atoms with E-state index in [0.717, 1.165) is 0 Å². The number of halogens is 3. The van der Waals surface area contributed by atoms with Crippen molar-refractivity contribution in [2.45, 2.75) is 24.6 Å². The maximum Gasteiger partial charge on any atom is 0.411 e. The van der Waals surface area contributed by atoms with Crippen LogP contribution in [0.1, 0.15) is 12.8 Å². The number of carbonyl (C=O) groups is 2. The van der Waals surface area contributed by atoms with Crippen LogP contribution < -0.4 is 5.73 Å². The third-order valence-electron chi connectivity index (χ3n) is 2.81. The molecular formula is C10H15F3N2O4. The molecule has 0 saturated carbocycles. The Hall–Kier alpha value is -1.35. The van der Waals surface area contributed by atoms with Crippen molar-refractivity contribution in [3.8, 4) is 0 Å². The summed E-state index contributed by atoms with van der Waals surface area (Å²) in [6, 6.07) is 0. The normalized spacial score (nSPS) is 23.7. The number of carboxylic acids is 1. The van der Waals surface area contributed by atoms with Gasteiger partial charge in [0.05, 0.1) is 13.0 Å². The molecule has 1 heterocycles. The third kappa shape index (κ3) is 4.67. The first kappa shape index (κ1) is 15.7. The molecule has 1 aliphatic rings. The number of alkyl halides is 3. The molecule has 0 radical (unpaired) electrons. The predicted molar refractivity (Wildman–Crippen MR) is 57.2 cm³/mol. The zero-order chi connectivity index (χ0) is 14.7. The molecule has 1 atom stereocenters. The van der Waals surface area contributed by atoms with Crippen molar-refractivity contribution in [2.75, 3.05) is 26.3 Å². The van der Waals surface area contributed by atoms with Gasteiger partial charge in [0.2, 0.25) is 5.91 Å². The van der Waals surface area contributed by atoms with Crippen molar-refractivity contribution in [1.29, 1.82) is 0 Å². The standard InChI is InChI=1S/C10H15F3N2O4/c11-10(12,13)6-19-4-1-7(16)15-3-2-9(14,5-15)8(17)18/h1-6,14H2,(H,17,18). The molecule has 0 spiro atoms. The van der Waals surface area contributed by atoms with Crippen molar-refractivity contribution in [3.63, 3.8) is 0 Å². The predicted octanol–water partition coefficient (Wildman–Crippen LogP) is -0.0302. The molecule has 1 unspecified atom stereocenters. The lowest BCUT2D eigenvalue weighted by molar-refractivity contribution is -0.175. The highest BCUT2D eigenvalue weighted by Crippen LogP contribution is 2.20. The fourth-order valence-corrected chi connectivity index (χ4v) is 1.73. The highest BCUT2D eigenvalue weighted by atomic mass is 19.4. The number of amides is 1. The van der Waals surface area contributed by atoms with E-state index in [4.69, 9.17) is 10.8 Å². The summed E-state index contributed by atoms with van der Waals surface area (Å²) in [4.78, 5) is 23.7. The highest BCUT2D eigenvalue weighted by Gasteiger charge is 2.42. The van der Waals surface area contributed by atoms with Crippen LogP contribution in [0.5, 0.6) is 0 Å². The molecule has 3 N–H and O–H groups in total. The largest absolute Gasteiger partial charge is 0.480 e. The first-order valence-electron chi connectivity index (χ1n) is 5.59. The number of hydrogen-bond donors (Lipinski definition) is 2. The van der Waals surface area contributed by atoms with Crippen LogP contribution in [0.3, 0.4) is 0 Å². The number of nitrogens with zero attached hydrogens (tertiary/aromatic N) is 1. The van der Waals surface area contributed by atoms with E-state index in [1.54, 1.807) is 0 Å². The number of nitrogens with two attached hydrogens (primary N) is 1. The van der Waals surface area contributed by atoms with E-state index in [0.29, 0.717) is 0 Å². The van der Waals surface area contributed by atoms with Crippen LogP contribution in [0.4, 0.5) is 13.2 Å². The third-order valence-corrected chi connectivity index (χ3v) is 2.81. The van der Waals surface area contributed by atoms with Gasteiger partial charge >= 0.3 is 12.1 Å². The Morgan fingerprint density at radius 3 is 2.53 bits per heavy atom. The number of carboxylic acid groups (broad SMARTS) is 1. The molecule has 1 saturated heterocycles. The first-order valence-corrected chi connectivity index (χ1v) is 5.59. The summed E-state index contributed by atoms with van der Waals surface area (Å²) >= 11 is 0. The molecular weight excluding hydrogens is 269 g/mol. The van der Waals surface area contributed by atoms with Crippen LogP contribution in [0.2, 0.25) is 0 Å². The number of hydrogen-bond acceptors (Lipinski definition) is 4. The van der Waals surface area contributed by atoms with Gasteiger partial charge in [0.15, 0.2) is 0 Å². The van der Waals surface area contributed by atoms with Crippen molar-refractivity contribution in [2.24, 2.45) is 5.73 Å². The lowest BCUT2D eigenvalue weighted by Gasteiger charge is -2.20. The van der Waals surface area contributed by atoms with Gasteiger partial charge in [-0.1, -0.05) is 0 Å². The van der Waals surface area contributed by atoms with E-state index in [9.17, 15) is 22.8 Å². The molecule has 1 fully saturated rings. The minimum atomic E-state index is -4.42. The summed E-state index contributed by atoms with van der Waals surface area (Å²) in [5.74, 6) is -1.66. The molecule has 6 nitrogen and oxygen atoms in total. The zero-order valence-corrected chi connectivity index (χ0v) is 10.1. The van der Waals surface area contributed by atoms with Gasteiger partial charge in [0, 0.05) is 13.1 Å². The second kappa shape index (κ2) is 5.74. The average molecular weight is 284 g/mol. The van der Waals surface area contributed by atoms with Gasteiger partial charge in [-0.15, -0.1) is 0 Å². The fourth-order valence-electron chi connectivity index (χ4n) is 1.73. The Morgan fingerprint density at radius 2 is 2.05 bits per heavy atom. The van der Waals surface area contributed by atoms with E-state index in [1.807, 2.05) is 0 Å². The van der Waals surface area contributed by atoms with Crippen molar-refractivity contribution >= 4 is 11.9 Å². The number of ether oxygens (including phenoxy) is 1. The monoisotopic (exact) mass is 284 g/mol. The quantitative estimate of drug-likeness (QED) is 0.692. The van der Waals surface area contributed by atoms with Crippen LogP contribution in [0.25, 0.3) is 0 Å². The topological polar surface area (TPSA) is 92.9 Å². The minimum Gasteiger partial charge on any atom is -0.480 e. The van der Waals surface area contributed by atoms with Gasteiger partial charge < -0.3 is 20.5 Å². The molecule has 110 valence electrons. The van der Waals surface area contributed by atoms with Crippen LogP contribution >= 0.6 is 0 Å². The van der Waals surface area contributed by atoms with E-state index < -0.39 is 30.2 Å². The summed E-state index contributed by atoms with van der Waals surface area (Å²) in [5, 5.41) is 8.86. The summed E-state index contributed by atoms with van der Waals surface area (Å²) in [6.45, 7) is -1.73. The smallest absolute Gasteiger partial charge is 0.411 e. The summed E-state index contributed by atoms with van der Waals surface area (Å²) < 4.78 is 39.6. The lowest BCUT2D eigenvalue weighted by Crippen LogP contribution is -2.50. The molecule has 1 amide bonds. The van der Waals surface area contributed by atoms with Crippen LogP contribution in [-0.2, 0) is 14.3 Å². The fraction of sp³-hybridized carbons (Fsp3) is 0.800. The molecule has 19 heavy (non-hydrogen) atoms. The molecule has 0 aromatic rings. The van der Waals surface area contributed by atoms with Gasteiger partial charge in [-0.2, -0.15) is 13.2 Å². The van der Waals surface area contributed by atoms with Gasteiger partial charge in [0.25, 0.3) is 0 Å². The molecule has 0 aromatic carbocycles. The molecule has 0 aromatic heterocycles. The first-order chi connectivity index (χ1) is 8.64. The maximum absolute atomic E-state index is 11.8. The lowest BCUT2D eigenvalue weighted by atomic mass is 10.0. The molecule has 1 aliphatic heterocycles. The van der Waals surface area contributed by atoms with Gasteiger partial charge in [-0.3, -0.25) is 9.59 Å². The van der Waals surface area contributed by atoms with Crippen molar-refractivity contribution in [3.05, 3.63) is 0 Å². The van der Waals surface area contributed by atoms with Crippen LogP contribution in [-0.4, -0.2) is 59.9 Å². The van der Waals surface area contributed by atoms with Gasteiger partial charge in [-0.05, 0) is 6.42 Å². The van der Waals surface area contributed by atoms with Crippen LogP contribution in [0, 0.1) is 0 Å². The Labute approximate surface area is 107 Å². The summed E-state index contributed by atoms with van der Waals surface area (Å²) in [7, 11) is 0. The second-order valence-corrected chi connectivity index (χ2v) is 4.44. The second-order valence-electron chi connectivity index (χ2n) is 4.44. The summed E-state index contributed by atoms with van der Waals surface area (Å²) in [6.07, 6.45) is -4.53. The maximum atomic E-state index is 11.8. The van der Waals surface area contributed by atoms with Crippen LogP contribution in [0.15, 0.2) is 0 Å². The Morgan fingerprint density at radius 1 is 1.42 bits per heavy atom.